The molecule has 1 rings (SSSR count). The van der Waals surface area contributed by atoms with E-state index >= 15 is 0 Å². The third-order valence-electron chi connectivity index (χ3n) is 1.57. The van der Waals surface area contributed by atoms with Crippen molar-refractivity contribution in [1.82, 2.24) is 0 Å². The van der Waals surface area contributed by atoms with Crippen molar-refractivity contribution >= 4 is 57.0 Å². The highest BCUT2D eigenvalue weighted by Gasteiger charge is 2.01. The number of benzene rings is 1. The third kappa shape index (κ3) is 7.89. The van der Waals surface area contributed by atoms with Gasteiger partial charge in [-0.15, -0.1) is 0 Å². The zero-order valence-electron chi connectivity index (χ0n) is 9.56. The second-order valence-electron chi connectivity index (χ2n) is 2.86. The summed E-state index contributed by atoms with van der Waals surface area (Å²) in [4.78, 5) is 10.1. The van der Waals surface area contributed by atoms with E-state index < -0.39 is 23.0 Å². The molecule has 0 radical (unpaired) electrons. The summed E-state index contributed by atoms with van der Waals surface area (Å²) in [6.45, 7) is -0.438. The molecule has 0 saturated carbocycles. The van der Waals surface area contributed by atoms with Gasteiger partial charge >= 0.3 is 16.5 Å². The summed E-state index contributed by atoms with van der Waals surface area (Å²) in [5.41, 5.74) is 5.80. The number of methoxy groups -OCH3 is 1. The zero-order chi connectivity index (χ0) is 15.0. The van der Waals surface area contributed by atoms with Crippen LogP contribution >= 0.6 is 34.8 Å². The fourth-order valence-electron chi connectivity index (χ4n) is 0.723. The van der Waals surface area contributed by atoms with Gasteiger partial charge in [0.05, 0.1) is 22.8 Å². The van der Waals surface area contributed by atoms with Crippen LogP contribution in [0.5, 0.6) is 0 Å². The van der Waals surface area contributed by atoms with Crippen LogP contribution in [0.15, 0.2) is 16.5 Å². The Hall–Kier alpha value is -1.02. The highest BCUT2D eigenvalue weighted by atomic mass is 35.5. The molecule has 0 aromatic heterocycles. The molecular formula is C9H9Cl3N2O4S. The maximum atomic E-state index is 10.1. The summed E-state index contributed by atoms with van der Waals surface area (Å²) in [7, 11) is -1.36. The van der Waals surface area contributed by atoms with Crippen LogP contribution in [-0.2, 0) is 20.0 Å². The lowest BCUT2D eigenvalue weighted by atomic mass is 10.3. The van der Waals surface area contributed by atoms with Gasteiger partial charge in [-0.1, -0.05) is 34.8 Å². The third-order valence-corrected chi connectivity index (χ3v) is 2.75. The summed E-state index contributed by atoms with van der Waals surface area (Å²) in [5.74, 6) is -0.667. The average molecular weight is 348 g/mol. The van der Waals surface area contributed by atoms with E-state index in [0.717, 1.165) is 7.11 Å². The van der Waals surface area contributed by atoms with Gasteiger partial charge in [0.25, 0.3) is 0 Å². The summed E-state index contributed by atoms with van der Waals surface area (Å²) >= 11 is 16.8. The Balaban J connectivity index is 0.000000344. The first-order valence-corrected chi connectivity index (χ1v) is 6.68. The number of hydrogen-bond donors (Lipinski definition) is 1. The number of esters is 1. The predicted molar refractivity (Wildman–Crippen MR) is 74.1 cm³/mol. The Morgan fingerprint density at radius 1 is 1.32 bits per heavy atom. The van der Waals surface area contributed by atoms with Crippen molar-refractivity contribution in [2.24, 2.45) is 4.36 Å². The lowest BCUT2D eigenvalue weighted by Crippen LogP contribution is -2.03. The van der Waals surface area contributed by atoms with Crippen LogP contribution in [0.2, 0.25) is 15.1 Å². The first-order chi connectivity index (χ1) is 8.77. The molecule has 1 aromatic rings. The minimum absolute atomic E-state index is 0.368. The number of halogens is 3. The van der Waals surface area contributed by atoms with Crippen LogP contribution in [-0.4, -0.2) is 28.0 Å². The number of hydrogen-bond acceptors (Lipinski definition) is 6. The lowest BCUT2D eigenvalue weighted by molar-refractivity contribution is -0.138. The van der Waals surface area contributed by atoms with Gasteiger partial charge in [-0.2, -0.15) is 12.8 Å². The molecule has 0 heterocycles. The number of carbonyl (C=O) groups excluding carboxylic acids is 1. The van der Waals surface area contributed by atoms with Crippen LogP contribution in [0.3, 0.4) is 0 Å². The highest BCUT2D eigenvalue weighted by Crippen LogP contribution is 2.30. The van der Waals surface area contributed by atoms with E-state index in [2.05, 4.69) is 9.10 Å². The van der Waals surface area contributed by atoms with Crippen molar-refractivity contribution in [3.63, 3.8) is 0 Å². The number of carbonyl (C=O) groups is 1. The van der Waals surface area contributed by atoms with Crippen molar-refractivity contribution in [2.75, 3.05) is 19.4 Å². The first-order valence-electron chi connectivity index (χ1n) is 4.51. The van der Waals surface area contributed by atoms with E-state index in [-0.39, 0.29) is 0 Å². The fraction of sp³-hybridized carbons (Fsp3) is 0.222. The van der Waals surface area contributed by atoms with Crippen LogP contribution in [0.4, 0.5) is 5.69 Å². The maximum absolute atomic E-state index is 10.1. The van der Waals surface area contributed by atoms with Crippen LogP contribution in [0.25, 0.3) is 0 Å². The predicted octanol–water partition coefficient (Wildman–Crippen LogP) is 2.45. The highest BCUT2D eigenvalue weighted by molar-refractivity contribution is 7.61. The Bertz CT molecular complexity index is 558. The van der Waals surface area contributed by atoms with Gasteiger partial charge in [0, 0.05) is 5.02 Å². The van der Waals surface area contributed by atoms with E-state index in [1.54, 1.807) is 12.1 Å². The van der Waals surface area contributed by atoms with Gasteiger partial charge in [-0.3, -0.25) is 4.79 Å². The molecule has 0 amide bonds. The normalized spacial score (nSPS) is 9.05. The van der Waals surface area contributed by atoms with Gasteiger partial charge in [0.1, 0.15) is 0 Å². The van der Waals surface area contributed by atoms with Crippen LogP contribution in [0, 0.1) is 0 Å². The molecule has 0 unspecified atom stereocenters. The van der Waals surface area contributed by atoms with E-state index in [4.69, 9.17) is 40.5 Å². The summed E-state index contributed by atoms with van der Waals surface area (Å²) in [6.07, 6.45) is 0. The SMILES string of the molecule is COC(=O)CN=S(=O)=O.Nc1c(Cl)cc(Cl)cc1Cl. The van der Waals surface area contributed by atoms with Crippen molar-refractivity contribution in [3.8, 4) is 0 Å². The summed E-state index contributed by atoms with van der Waals surface area (Å²) in [5, 5.41) is 1.26. The molecule has 0 bridgehead atoms. The van der Waals surface area contributed by atoms with Crippen LogP contribution in [0.1, 0.15) is 0 Å². The number of nitrogen functional groups attached to an aromatic ring is 1. The van der Waals surface area contributed by atoms with Crippen molar-refractivity contribution in [2.45, 2.75) is 0 Å². The largest absolute Gasteiger partial charge is 0.468 e. The molecule has 10 heteroatoms. The first kappa shape index (κ1) is 18.0. The Labute approximate surface area is 126 Å². The second-order valence-corrected chi connectivity index (χ2v) is 4.81. The second kappa shape index (κ2) is 8.98. The minimum Gasteiger partial charge on any atom is -0.468 e. The van der Waals surface area contributed by atoms with Crippen molar-refractivity contribution < 1.29 is 17.9 Å². The van der Waals surface area contributed by atoms with Crippen molar-refractivity contribution in [1.29, 1.82) is 0 Å². The van der Waals surface area contributed by atoms with Gasteiger partial charge in [-0.25, -0.2) is 0 Å². The van der Waals surface area contributed by atoms with Gasteiger partial charge in [0.15, 0.2) is 6.54 Å². The monoisotopic (exact) mass is 346 g/mol. The molecule has 2 N–H and O–H groups in total. The smallest absolute Gasteiger partial charge is 0.328 e. The molecule has 0 fully saturated rings. The Kier molecular flexibility index (Phi) is 8.49. The fourth-order valence-corrected chi connectivity index (χ4v) is 1.75. The number of nitrogens with zero attached hydrogens (tertiary/aromatic N) is 1. The van der Waals surface area contributed by atoms with Crippen LogP contribution < -0.4 is 5.73 Å². The van der Waals surface area contributed by atoms with E-state index in [9.17, 15) is 13.2 Å². The maximum Gasteiger partial charge on any atom is 0.328 e. The Morgan fingerprint density at radius 3 is 2.16 bits per heavy atom. The molecule has 19 heavy (non-hydrogen) atoms. The Morgan fingerprint density at radius 2 is 1.79 bits per heavy atom. The zero-order valence-corrected chi connectivity index (χ0v) is 12.6. The lowest BCUT2D eigenvalue weighted by Gasteiger charge is -1.99. The molecule has 0 saturated heterocycles. The standard InChI is InChI=1S/C6H4Cl3N.C3H5NO4S/c7-3-1-4(8)6(10)5(9)2-3;1-8-3(5)2-4-9(6)7/h1-2H,10H2;2H2,1H3. The minimum atomic E-state index is -2.51. The molecule has 1 aromatic carbocycles. The van der Waals surface area contributed by atoms with E-state index in [1.165, 1.54) is 0 Å². The molecule has 0 aliphatic rings. The molecule has 0 aliphatic carbocycles. The topological polar surface area (TPSA) is 98.8 Å². The molecule has 0 aliphatic heterocycles. The number of rotatable bonds is 2. The number of nitrogens with two attached hydrogens (primary N) is 1. The summed E-state index contributed by atoms with van der Waals surface area (Å²) in [6, 6.07) is 3.09. The molecule has 0 atom stereocenters. The van der Waals surface area contributed by atoms with Gasteiger partial charge in [-0.05, 0) is 12.1 Å². The molecule has 106 valence electrons. The van der Waals surface area contributed by atoms with E-state index in [0.29, 0.717) is 20.8 Å². The molecule has 0 spiro atoms. The van der Waals surface area contributed by atoms with Gasteiger partial charge < -0.3 is 10.5 Å². The number of anilines is 1. The average Bonchev–Trinajstić information content (AvgIpc) is 2.33. The van der Waals surface area contributed by atoms with Crippen molar-refractivity contribution in [3.05, 3.63) is 27.2 Å². The molecular weight excluding hydrogens is 339 g/mol. The summed E-state index contributed by atoms with van der Waals surface area (Å²) < 4.78 is 26.2. The van der Waals surface area contributed by atoms with E-state index in [1.807, 2.05) is 0 Å². The number of ether oxygens (including phenoxy) is 1. The quantitative estimate of drug-likeness (QED) is 0.654. The molecule has 6 nitrogen and oxygen atoms in total. The van der Waals surface area contributed by atoms with Gasteiger partial charge in [0.2, 0.25) is 0 Å².